The Labute approximate surface area is 138 Å². The fourth-order valence-corrected chi connectivity index (χ4v) is 4.19. The van der Waals surface area contributed by atoms with Crippen molar-refractivity contribution in [3.8, 4) is 5.75 Å². The van der Waals surface area contributed by atoms with Gasteiger partial charge in [0.2, 0.25) is 0 Å². The Kier molecular flexibility index (Phi) is 4.72. The standard InChI is InChI=1S/C15H16Cl2N2OS/c16-10-8-11(17)14(12(20)9-10)15(13-2-1-7-21-13)19-5-3-18-4-6-19/h1-2,7-9,15,18,20H,3-6H2/t15-/m0/s1. The van der Waals surface area contributed by atoms with Gasteiger partial charge in [0, 0.05) is 41.6 Å². The molecule has 2 aromatic rings. The Hall–Kier alpha value is -0.780. The Morgan fingerprint density at radius 2 is 2.00 bits per heavy atom. The molecular formula is C15H16Cl2N2OS. The highest BCUT2D eigenvalue weighted by Gasteiger charge is 2.29. The van der Waals surface area contributed by atoms with Gasteiger partial charge in [-0.1, -0.05) is 29.3 Å². The van der Waals surface area contributed by atoms with Crippen LogP contribution in [0.3, 0.4) is 0 Å². The molecule has 0 saturated carbocycles. The van der Waals surface area contributed by atoms with E-state index in [2.05, 4.69) is 16.3 Å². The summed E-state index contributed by atoms with van der Waals surface area (Å²) in [5.41, 5.74) is 0.741. The Bertz CT molecular complexity index is 589. The first-order valence-corrected chi connectivity index (χ1v) is 8.46. The van der Waals surface area contributed by atoms with Crippen molar-refractivity contribution in [3.05, 3.63) is 50.1 Å². The second-order valence-electron chi connectivity index (χ2n) is 5.02. The fraction of sp³-hybridized carbons (Fsp3) is 0.333. The van der Waals surface area contributed by atoms with E-state index in [0.29, 0.717) is 10.0 Å². The number of thiophene rings is 1. The molecule has 1 aromatic heterocycles. The largest absolute Gasteiger partial charge is 0.507 e. The molecule has 3 rings (SSSR count). The number of phenols is 1. The van der Waals surface area contributed by atoms with Crippen LogP contribution in [0.4, 0.5) is 0 Å². The van der Waals surface area contributed by atoms with Gasteiger partial charge in [-0.3, -0.25) is 4.90 Å². The molecule has 2 heterocycles. The highest BCUT2D eigenvalue weighted by molar-refractivity contribution is 7.10. The summed E-state index contributed by atoms with van der Waals surface area (Å²) in [6, 6.07) is 7.33. The minimum atomic E-state index is -0.0307. The van der Waals surface area contributed by atoms with E-state index < -0.39 is 0 Å². The summed E-state index contributed by atoms with van der Waals surface area (Å²) in [7, 11) is 0. The molecule has 1 saturated heterocycles. The molecule has 1 aliphatic rings. The summed E-state index contributed by atoms with van der Waals surface area (Å²) in [4.78, 5) is 3.52. The van der Waals surface area contributed by atoms with Crippen molar-refractivity contribution in [2.24, 2.45) is 0 Å². The van der Waals surface area contributed by atoms with E-state index in [0.717, 1.165) is 31.7 Å². The minimum Gasteiger partial charge on any atom is -0.507 e. The molecule has 0 amide bonds. The highest BCUT2D eigenvalue weighted by atomic mass is 35.5. The number of nitrogens with one attached hydrogen (secondary N) is 1. The Morgan fingerprint density at radius 1 is 1.24 bits per heavy atom. The number of hydrogen-bond donors (Lipinski definition) is 2. The second kappa shape index (κ2) is 6.55. The predicted octanol–water partition coefficient (Wildman–Crippen LogP) is 3.76. The number of rotatable bonds is 3. The molecule has 3 nitrogen and oxygen atoms in total. The molecule has 2 N–H and O–H groups in total. The van der Waals surface area contributed by atoms with Gasteiger partial charge in [-0.2, -0.15) is 0 Å². The molecule has 0 radical (unpaired) electrons. The number of benzene rings is 1. The predicted molar refractivity (Wildman–Crippen MR) is 88.7 cm³/mol. The zero-order valence-electron chi connectivity index (χ0n) is 11.4. The first-order valence-electron chi connectivity index (χ1n) is 6.83. The third kappa shape index (κ3) is 3.20. The lowest BCUT2D eigenvalue weighted by Gasteiger charge is -2.35. The maximum atomic E-state index is 10.4. The molecule has 1 atom stereocenters. The number of halogens is 2. The van der Waals surface area contributed by atoms with Gasteiger partial charge in [0.05, 0.1) is 11.1 Å². The summed E-state index contributed by atoms with van der Waals surface area (Å²) in [6.07, 6.45) is 0. The SMILES string of the molecule is Oc1cc(Cl)cc(Cl)c1[C@H](c1cccs1)N1CCNCC1. The van der Waals surface area contributed by atoms with Crippen LogP contribution >= 0.6 is 34.5 Å². The van der Waals surface area contributed by atoms with Crippen LogP contribution in [-0.4, -0.2) is 36.2 Å². The van der Waals surface area contributed by atoms with Crippen LogP contribution in [0, 0.1) is 0 Å². The quantitative estimate of drug-likeness (QED) is 0.891. The van der Waals surface area contributed by atoms with E-state index in [4.69, 9.17) is 23.2 Å². The van der Waals surface area contributed by atoms with Gasteiger partial charge in [-0.15, -0.1) is 11.3 Å². The van der Waals surface area contributed by atoms with Gasteiger partial charge in [0.1, 0.15) is 5.75 Å². The van der Waals surface area contributed by atoms with Crippen molar-refractivity contribution < 1.29 is 5.11 Å². The molecule has 21 heavy (non-hydrogen) atoms. The second-order valence-corrected chi connectivity index (χ2v) is 6.85. The van der Waals surface area contributed by atoms with E-state index in [1.165, 1.54) is 4.88 Å². The molecule has 1 aliphatic heterocycles. The maximum absolute atomic E-state index is 10.4. The summed E-state index contributed by atoms with van der Waals surface area (Å²) in [5.74, 6) is 0.157. The molecular weight excluding hydrogens is 327 g/mol. The van der Waals surface area contributed by atoms with Crippen LogP contribution < -0.4 is 5.32 Å². The number of piperazine rings is 1. The monoisotopic (exact) mass is 342 g/mol. The average Bonchev–Trinajstić information content (AvgIpc) is 2.97. The van der Waals surface area contributed by atoms with Gasteiger partial charge >= 0.3 is 0 Å². The van der Waals surface area contributed by atoms with Crippen LogP contribution in [0.25, 0.3) is 0 Å². The molecule has 1 aromatic carbocycles. The molecule has 1 fully saturated rings. The van der Waals surface area contributed by atoms with E-state index >= 15 is 0 Å². The van der Waals surface area contributed by atoms with Crippen LogP contribution in [0.1, 0.15) is 16.5 Å². The van der Waals surface area contributed by atoms with Crippen molar-refractivity contribution in [2.45, 2.75) is 6.04 Å². The third-order valence-electron chi connectivity index (χ3n) is 3.68. The third-order valence-corrected chi connectivity index (χ3v) is 5.13. The molecule has 6 heteroatoms. The zero-order valence-corrected chi connectivity index (χ0v) is 13.7. The lowest BCUT2D eigenvalue weighted by atomic mass is 10.0. The van der Waals surface area contributed by atoms with E-state index in [-0.39, 0.29) is 11.8 Å². The minimum absolute atomic E-state index is 0.0307. The molecule has 0 unspecified atom stereocenters. The van der Waals surface area contributed by atoms with Crippen molar-refractivity contribution in [1.82, 2.24) is 10.2 Å². The molecule has 0 bridgehead atoms. The smallest absolute Gasteiger partial charge is 0.123 e. The number of nitrogens with zero attached hydrogens (tertiary/aromatic N) is 1. The number of aromatic hydroxyl groups is 1. The maximum Gasteiger partial charge on any atom is 0.123 e. The average molecular weight is 343 g/mol. The summed E-state index contributed by atoms with van der Waals surface area (Å²) >= 11 is 14.0. The lowest BCUT2D eigenvalue weighted by Crippen LogP contribution is -2.45. The van der Waals surface area contributed by atoms with Gasteiger partial charge in [0.25, 0.3) is 0 Å². The first kappa shape index (κ1) is 15.1. The van der Waals surface area contributed by atoms with Crippen LogP contribution in [0.2, 0.25) is 10.0 Å². The van der Waals surface area contributed by atoms with E-state index in [1.54, 1.807) is 23.5 Å². The summed E-state index contributed by atoms with van der Waals surface area (Å²) in [6.45, 7) is 3.71. The normalized spacial score (nSPS) is 17.8. The van der Waals surface area contributed by atoms with Gasteiger partial charge in [-0.05, 0) is 23.6 Å². The van der Waals surface area contributed by atoms with Crippen molar-refractivity contribution >= 4 is 34.5 Å². The van der Waals surface area contributed by atoms with Crippen molar-refractivity contribution in [3.63, 3.8) is 0 Å². The van der Waals surface area contributed by atoms with Crippen molar-refractivity contribution in [1.29, 1.82) is 0 Å². The van der Waals surface area contributed by atoms with Crippen molar-refractivity contribution in [2.75, 3.05) is 26.2 Å². The van der Waals surface area contributed by atoms with Crippen LogP contribution in [0.15, 0.2) is 29.6 Å². The Balaban J connectivity index is 2.07. The van der Waals surface area contributed by atoms with E-state index in [1.807, 2.05) is 11.4 Å². The molecule has 0 aliphatic carbocycles. The summed E-state index contributed by atoms with van der Waals surface area (Å²) in [5, 5.41) is 16.7. The number of phenolic OH excluding ortho intramolecular Hbond substituents is 1. The highest BCUT2D eigenvalue weighted by Crippen LogP contribution is 2.42. The van der Waals surface area contributed by atoms with Crippen LogP contribution in [0.5, 0.6) is 5.75 Å². The van der Waals surface area contributed by atoms with Crippen LogP contribution in [-0.2, 0) is 0 Å². The van der Waals surface area contributed by atoms with E-state index in [9.17, 15) is 5.11 Å². The summed E-state index contributed by atoms with van der Waals surface area (Å²) < 4.78 is 0. The zero-order chi connectivity index (χ0) is 14.8. The number of hydrogen-bond acceptors (Lipinski definition) is 4. The van der Waals surface area contributed by atoms with Gasteiger partial charge in [-0.25, -0.2) is 0 Å². The molecule has 0 spiro atoms. The first-order chi connectivity index (χ1) is 10.2. The fourth-order valence-electron chi connectivity index (χ4n) is 2.73. The lowest BCUT2D eigenvalue weighted by molar-refractivity contribution is 0.198. The topological polar surface area (TPSA) is 35.5 Å². The Morgan fingerprint density at radius 3 is 2.62 bits per heavy atom. The van der Waals surface area contributed by atoms with Gasteiger partial charge < -0.3 is 10.4 Å². The van der Waals surface area contributed by atoms with Gasteiger partial charge in [0.15, 0.2) is 0 Å². The molecule has 112 valence electrons.